The fourth-order valence-corrected chi connectivity index (χ4v) is 2.53. The van der Waals surface area contributed by atoms with Crippen molar-refractivity contribution in [3.8, 4) is 11.5 Å². The molecule has 0 fully saturated rings. The maximum atomic E-state index is 5.35. The number of ether oxygens (including phenoxy) is 2. The van der Waals surface area contributed by atoms with Crippen molar-refractivity contribution in [1.29, 1.82) is 0 Å². The van der Waals surface area contributed by atoms with Crippen LogP contribution >= 0.6 is 24.0 Å². The van der Waals surface area contributed by atoms with Gasteiger partial charge in [-0.3, -0.25) is 0 Å². The first-order valence-corrected chi connectivity index (χ1v) is 8.50. The van der Waals surface area contributed by atoms with Gasteiger partial charge in [-0.1, -0.05) is 6.07 Å². The van der Waals surface area contributed by atoms with Crippen molar-refractivity contribution in [1.82, 2.24) is 15.2 Å². The number of aliphatic imine (C=N–C) groups is 1. The number of aromatic nitrogens is 1. The number of rotatable bonds is 8. The van der Waals surface area contributed by atoms with Crippen LogP contribution in [0.1, 0.15) is 18.1 Å². The fourth-order valence-electron chi connectivity index (χ4n) is 2.53. The first-order chi connectivity index (χ1) is 12.2. The lowest BCUT2D eigenvalue weighted by Gasteiger charge is -2.12. The molecule has 0 aliphatic heterocycles. The molecule has 6 nitrogen and oxygen atoms in total. The minimum atomic E-state index is 0. The van der Waals surface area contributed by atoms with Crippen molar-refractivity contribution in [2.45, 2.75) is 19.9 Å². The summed E-state index contributed by atoms with van der Waals surface area (Å²) in [7, 11) is 5.31. The molecule has 1 aromatic carbocycles. The molecule has 1 aromatic heterocycles. The summed E-state index contributed by atoms with van der Waals surface area (Å²) in [5.74, 6) is 2.33. The maximum Gasteiger partial charge on any atom is 0.191 e. The fraction of sp³-hybridized carbons (Fsp3) is 0.421. The number of hydrogen-bond donors (Lipinski definition) is 2. The Morgan fingerprint density at radius 1 is 1.08 bits per heavy atom. The van der Waals surface area contributed by atoms with Gasteiger partial charge in [-0.05, 0) is 42.7 Å². The molecule has 144 valence electrons. The van der Waals surface area contributed by atoms with Gasteiger partial charge in [0.05, 0.1) is 20.8 Å². The Labute approximate surface area is 173 Å². The lowest BCUT2D eigenvalue weighted by molar-refractivity contribution is 0.354. The van der Waals surface area contributed by atoms with Crippen LogP contribution in [0.25, 0.3) is 0 Å². The molecule has 0 aliphatic carbocycles. The lowest BCUT2D eigenvalue weighted by atomic mass is 10.1. The smallest absolute Gasteiger partial charge is 0.191 e. The van der Waals surface area contributed by atoms with E-state index in [0.29, 0.717) is 6.54 Å². The highest BCUT2D eigenvalue weighted by molar-refractivity contribution is 14.0. The standard InChI is InChI=1S/C19H28N4O2.HI/c1-5-20-19(22-13-16-9-11-23(2)14-16)21-10-8-15-6-7-17(24-3)18(12-15)25-4;/h6-7,9,11-12,14H,5,8,10,13H2,1-4H3,(H2,20,21,22);1H. The molecule has 7 heteroatoms. The van der Waals surface area contributed by atoms with Crippen molar-refractivity contribution in [3.63, 3.8) is 0 Å². The number of aryl methyl sites for hydroxylation is 1. The van der Waals surface area contributed by atoms with E-state index in [-0.39, 0.29) is 24.0 Å². The highest BCUT2D eigenvalue weighted by atomic mass is 127. The second-order valence-electron chi connectivity index (χ2n) is 5.75. The zero-order valence-corrected chi connectivity index (χ0v) is 18.2. The summed E-state index contributed by atoms with van der Waals surface area (Å²) < 4.78 is 12.6. The van der Waals surface area contributed by atoms with E-state index >= 15 is 0 Å². The van der Waals surface area contributed by atoms with Crippen molar-refractivity contribution < 1.29 is 9.47 Å². The van der Waals surface area contributed by atoms with Crippen LogP contribution in [-0.4, -0.2) is 37.8 Å². The molecule has 2 rings (SSSR count). The van der Waals surface area contributed by atoms with Gasteiger partial charge >= 0.3 is 0 Å². The third-order valence-corrected chi connectivity index (χ3v) is 3.81. The molecule has 0 atom stereocenters. The molecular weight excluding hydrogens is 443 g/mol. The van der Waals surface area contributed by atoms with Crippen LogP contribution in [0.2, 0.25) is 0 Å². The molecule has 0 radical (unpaired) electrons. The van der Waals surface area contributed by atoms with E-state index in [1.807, 2.05) is 29.9 Å². The number of guanidine groups is 1. The molecule has 0 saturated heterocycles. The number of hydrogen-bond acceptors (Lipinski definition) is 3. The first kappa shape index (κ1) is 22.1. The van der Waals surface area contributed by atoms with Crippen molar-refractivity contribution in [2.75, 3.05) is 27.3 Å². The van der Waals surface area contributed by atoms with Gasteiger partial charge in [0.1, 0.15) is 0 Å². The molecular formula is C19H29IN4O2. The molecule has 2 N–H and O–H groups in total. The minimum Gasteiger partial charge on any atom is -0.493 e. The topological polar surface area (TPSA) is 59.8 Å². The molecule has 1 heterocycles. The number of nitrogens with one attached hydrogen (secondary N) is 2. The summed E-state index contributed by atoms with van der Waals surface area (Å²) >= 11 is 0. The largest absolute Gasteiger partial charge is 0.493 e. The predicted molar refractivity (Wildman–Crippen MR) is 117 cm³/mol. The number of methoxy groups -OCH3 is 2. The molecule has 26 heavy (non-hydrogen) atoms. The van der Waals surface area contributed by atoms with Gasteiger partial charge < -0.3 is 24.7 Å². The zero-order chi connectivity index (χ0) is 18.1. The molecule has 0 saturated carbocycles. The lowest BCUT2D eigenvalue weighted by Crippen LogP contribution is -2.38. The molecule has 2 aromatic rings. The summed E-state index contributed by atoms with van der Waals surface area (Å²) in [5.41, 5.74) is 2.38. The van der Waals surface area contributed by atoms with Gasteiger partial charge in [0, 0.05) is 32.5 Å². The van der Waals surface area contributed by atoms with Crippen molar-refractivity contribution in [3.05, 3.63) is 47.8 Å². The van der Waals surface area contributed by atoms with Gasteiger partial charge in [0.15, 0.2) is 17.5 Å². The second-order valence-corrected chi connectivity index (χ2v) is 5.75. The Hall–Kier alpha value is -1.90. The van der Waals surface area contributed by atoms with E-state index in [1.165, 1.54) is 11.1 Å². The molecule has 0 bridgehead atoms. The van der Waals surface area contributed by atoms with Crippen LogP contribution in [0.4, 0.5) is 0 Å². The summed E-state index contributed by atoms with van der Waals surface area (Å²) in [5, 5.41) is 6.65. The normalized spacial score (nSPS) is 10.8. The Balaban J connectivity index is 0.00000338. The highest BCUT2D eigenvalue weighted by Gasteiger charge is 2.05. The average Bonchev–Trinajstić information content (AvgIpc) is 3.04. The average molecular weight is 472 g/mol. The van der Waals surface area contributed by atoms with E-state index in [0.717, 1.165) is 37.0 Å². The Morgan fingerprint density at radius 3 is 2.46 bits per heavy atom. The van der Waals surface area contributed by atoms with E-state index in [4.69, 9.17) is 9.47 Å². The van der Waals surface area contributed by atoms with E-state index in [9.17, 15) is 0 Å². The van der Waals surface area contributed by atoms with Gasteiger partial charge in [0.25, 0.3) is 0 Å². The van der Waals surface area contributed by atoms with E-state index < -0.39 is 0 Å². The first-order valence-electron chi connectivity index (χ1n) is 8.50. The third kappa shape index (κ3) is 6.78. The van der Waals surface area contributed by atoms with Crippen LogP contribution in [0, 0.1) is 0 Å². The Bertz CT molecular complexity index is 701. The SMILES string of the molecule is CCNC(=NCc1ccn(C)c1)NCCc1ccc(OC)c(OC)c1.I. The number of nitrogens with zero attached hydrogens (tertiary/aromatic N) is 2. The van der Waals surface area contributed by atoms with Crippen LogP contribution in [-0.2, 0) is 20.0 Å². The second kappa shape index (κ2) is 11.7. The number of halogens is 1. The van der Waals surface area contributed by atoms with Crippen LogP contribution in [0.5, 0.6) is 11.5 Å². The number of benzene rings is 1. The van der Waals surface area contributed by atoms with Crippen LogP contribution in [0.3, 0.4) is 0 Å². The Morgan fingerprint density at radius 2 is 1.85 bits per heavy atom. The highest BCUT2D eigenvalue weighted by Crippen LogP contribution is 2.27. The Kier molecular flexibility index (Phi) is 9.93. The molecule has 0 spiro atoms. The van der Waals surface area contributed by atoms with E-state index in [1.54, 1.807) is 14.2 Å². The summed E-state index contributed by atoms with van der Waals surface area (Å²) in [6.07, 6.45) is 4.98. The van der Waals surface area contributed by atoms with Crippen LogP contribution < -0.4 is 20.1 Å². The van der Waals surface area contributed by atoms with Crippen molar-refractivity contribution in [2.24, 2.45) is 12.0 Å². The summed E-state index contributed by atoms with van der Waals surface area (Å²) in [6, 6.07) is 8.07. The quantitative estimate of drug-likeness (QED) is 0.353. The zero-order valence-electron chi connectivity index (χ0n) is 15.9. The molecule has 0 aliphatic rings. The van der Waals surface area contributed by atoms with Gasteiger partial charge in [-0.25, -0.2) is 4.99 Å². The molecule has 0 amide bonds. The maximum absolute atomic E-state index is 5.35. The predicted octanol–water partition coefficient (Wildman–Crippen LogP) is 2.96. The van der Waals surface area contributed by atoms with Gasteiger partial charge in [0.2, 0.25) is 0 Å². The minimum absolute atomic E-state index is 0. The van der Waals surface area contributed by atoms with Gasteiger partial charge in [-0.2, -0.15) is 0 Å². The monoisotopic (exact) mass is 472 g/mol. The summed E-state index contributed by atoms with van der Waals surface area (Å²) in [4.78, 5) is 4.63. The third-order valence-electron chi connectivity index (χ3n) is 3.81. The van der Waals surface area contributed by atoms with Crippen molar-refractivity contribution >= 4 is 29.9 Å². The summed E-state index contributed by atoms with van der Waals surface area (Å²) in [6.45, 7) is 4.34. The molecule has 0 unspecified atom stereocenters. The van der Waals surface area contributed by atoms with Crippen LogP contribution in [0.15, 0.2) is 41.7 Å². The van der Waals surface area contributed by atoms with Gasteiger partial charge in [-0.15, -0.1) is 24.0 Å². The van der Waals surface area contributed by atoms with E-state index in [2.05, 4.69) is 40.9 Å².